The first-order valence-corrected chi connectivity index (χ1v) is 14.5. The zero-order valence-corrected chi connectivity index (χ0v) is 25.1. The van der Waals surface area contributed by atoms with E-state index in [1.165, 1.54) is 19.2 Å². The monoisotopic (exact) mass is 604 g/mol. The summed E-state index contributed by atoms with van der Waals surface area (Å²) in [5.41, 5.74) is 1.81. The number of aryl methyl sites for hydroxylation is 1. The van der Waals surface area contributed by atoms with Gasteiger partial charge in [0.25, 0.3) is 5.91 Å². The standard InChI is InChI=1S/C31H42F2N4O6/c1-22-30(40)36(2)16-4-5-17-37(20-24-7-11-25(12-8-24)43-31(32)33)18-6-15-34-28(38)14-10-23-9-13-26(41-3)27(19-23)42-21-29(39)35-22/h7-9,11-13,19,22,31H,4-6,10,14-18,20-21H2,1-3H3,(H,34,38)(H,35,39)/t22-/m0/s1. The largest absolute Gasteiger partial charge is 0.493 e. The lowest BCUT2D eigenvalue weighted by Gasteiger charge is -2.25. The van der Waals surface area contributed by atoms with Gasteiger partial charge in [0, 0.05) is 39.6 Å². The molecule has 0 spiro atoms. The second-order valence-corrected chi connectivity index (χ2v) is 10.5. The van der Waals surface area contributed by atoms with E-state index in [-0.39, 0.29) is 30.6 Å². The lowest BCUT2D eigenvalue weighted by atomic mass is 10.1. The van der Waals surface area contributed by atoms with Crippen LogP contribution in [0.25, 0.3) is 0 Å². The Morgan fingerprint density at radius 1 is 0.977 bits per heavy atom. The van der Waals surface area contributed by atoms with E-state index in [0.29, 0.717) is 44.1 Å². The third-order valence-corrected chi connectivity index (χ3v) is 7.10. The van der Waals surface area contributed by atoms with Gasteiger partial charge in [-0.15, -0.1) is 0 Å². The molecule has 0 radical (unpaired) electrons. The second kappa shape index (κ2) is 17.3. The van der Waals surface area contributed by atoms with E-state index in [2.05, 4.69) is 20.3 Å². The molecule has 2 N–H and O–H groups in total. The fourth-order valence-corrected chi connectivity index (χ4v) is 4.78. The molecule has 0 unspecified atom stereocenters. The van der Waals surface area contributed by atoms with Crippen LogP contribution in [-0.2, 0) is 27.3 Å². The smallest absolute Gasteiger partial charge is 0.387 e. The Hall–Kier alpha value is -3.93. The van der Waals surface area contributed by atoms with Crippen LogP contribution in [-0.4, -0.2) is 87.1 Å². The van der Waals surface area contributed by atoms with E-state index in [1.807, 2.05) is 6.07 Å². The molecule has 2 aromatic carbocycles. The maximum atomic E-state index is 12.9. The van der Waals surface area contributed by atoms with Crippen molar-refractivity contribution in [1.29, 1.82) is 0 Å². The molecule has 10 nitrogen and oxygen atoms in total. The quantitative estimate of drug-likeness (QED) is 0.539. The van der Waals surface area contributed by atoms with Gasteiger partial charge in [0.05, 0.1) is 7.11 Å². The Labute approximate surface area is 251 Å². The lowest BCUT2D eigenvalue weighted by molar-refractivity contribution is -0.135. The molecule has 1 aliphatic heterocycles. The first-order valence-electron chi connectivity index (χ1n) is 14.5. The van der Waals surface area contributed by atoms with Crippen molar-refractivity contribution >= 4 is 17.7 Å². The minimum atomic E-state index is -2.87. The summed E-state index contributed by atoms with van der Waals surface area (Å²) in [4.78, 5) is 41.8. The number of amides is 3. The summed E-state index contributed by atoms with van der Waals surface area (Å²) in [6, 6.07) is 11.2. The fraction of sp³-hybridized carbons (Fsp3) is 0.516. The van der Waals surface area contributed by atoms with E-state index in [1.54, 1.807) is 43.1 Å². The number of benzene rings is 2. The van der Waals surface area contributed by atoms with Crippen molar-refractivity contribution in [3.63, 3.8) is 0 Å². The SMILES string of the molecule is COc1ccc2cc1OCC(=O)N[C@@H](C)C(=O)N(C)CCCCN(Cc1ccc(OC(F)F)cc1)CCCNC(=O)CC2. The molecule has 1 aliphatic rings. The Balaban J connectivity index is 1.67. The number of ether oxygens (including phenoxy) is 3. The van der Waals surface area contributed by atoms with Crippen LogP contribution in [0.2, 0.25) is 0 Å². The molecule has 0 fully saturated rings. The molecule has 0 aliphatic carbocycles. The number of halogens is 2. The number of nitrogens with zero attached hydrogens (tertiary/aromatic N) is 2. The fourth-order valence-electron chi connectivity index (χ4n) is 4.78. The van der Waals surface area contributed by atoms with Crippen molar-refractivity contribution in [3.8, 4) is 17.2 Å². The average molecular weight is 605 g/mol. The van der Waals surface area contributed by atoms with Crippen LogP contribution < -0.4 is 24.8 Å². The van der Waals surface area contributed by atoms with Crippen molar-refractivity contribution in [3.05, 3.63) is 53.6 Å². The Kier molecular flexibility index (Phi) is 13.5. The summed E-state index contributed by atoms with van der Waals surface area (Å²) in [6.07, 6.45) is 3.06. The number of likely N-dealkylation sites (N-methyl/N-ethyl adjacent to an activating group) is 1. The maximum Gasteiger partial charge on any atom is 0.387 e. The summed E-state index contributed by atoms with van der Waals surface area (Å²) in [7, 11) is 3.21. The number of rotatable bonds is 5. The van der Waals surface area contributed by atoms with Crippen molar-refractivity contribution in [2.75, 3.05) is 46.9 Å². The molecule has 236 valence electrons. The summed E-state index contributed by atoms with van der Waals surface area (Å²) in [5, 5.41) is 5.67. The molecular weight excluding hydrogens is 562 g/mol. The molecule has 0 aromatic heterocycles. The van der Waals surface area contributed by atoms with Gasteiger partial charge >= 0.3 is 6.61 Å². The highest BCUT2D eigenvalue weighted by atomic mass is 19.3. The third kappa shape index (κ3) is 11.7. The van der Waals surface area contributed by atoms with Crippen molar-refractivity contribution in [1.82, 2.24) is 20.4 Å². The minimum absolute atomic E-state index is 0.0670. The first-order chi connectivity index (χ1) is 20.6. The molecular formula is C31H42F2N4O6. The van der Waals surface area contributed by atoms with Gasteiger partial charge in [0.2, 0.25) is 11.8 Å². The number of hydrogen-bond donors (Lipinski definition) is 2. The molecule has 12 heteroatoms. The van der Waals surface area contributed by atoms with Gasteiger partial charge < -0.3 is 29.7 Å². The second-order valence-electron chi connectivity index (χ2n) is 10.5. The Morgan fingerprint density at radius 3 is 2.42 bits per heavy atom. The molecule has 0 saturated carbocycles. The van der Waals surface area contributed by atoms with Crippen molar-refractivity contribution in [2.45, 2.75) is 58.2 Å². The van der Waals surface area contributed by atoms with Crippen LogP contribution in [0.3, 0.4) is 0 Å². The highest BCUT2D eigenvalue weighted by Crippen LogP contribution is 2.28. The number of nitrogens with one attached hydrogen (secondary N) is 2. The molecule has 43 heavy (non-hydrogen) atoms. The summed E-state index contributed by atoms with van der Waals surface area (Å²) < 4.78 is 40.5. The Morgan fingerprint density at radius 2 is 1.70 bits per heavy atom. The van der Waals surface area contributed by atoms with Crippen LogP contribution in [0.4, 0.5) is 8.78 Å². The van der Waals surface area contributed by atoms with E-state index < -0.39 is 18.6 Å². The predicted octanol–water partition coefficient (Wildman–Crippen LogP) is 3.37. The summed E-state index contributed by atoms with van der Waals surface area (Å²) in [5.74, 6) is 0.242. The van der Waals surface area contributed by atoms with Gasteiger partial charge in [-0.2, -0.15) is 8.78 Å². The number of fused-ring (bicyclic) bond motifs is 2. The van der Waals surface area contributed by atoms with Crippen LogP contribution in [0.1, 0.15) is 43.7 Å². The number of carbonyl (C=O) groups excluding carboxylic acids is 3. The van der Waals surface area contributed by atoms with Crippen LogP contribution in [0.5, 0.6) is 17.2 Å². The van der Waals surface area contributed by atoms with Gasteiger partial charge in [0.15, 0.2) is 18.1 Å². The predicted molar refractivity (Wildman–Crippen MR) is 157 cm³/mol. The molecule has 3 amide bonds. The normalized spacial score (nSPS) is 19.0. The molecule has 1 heterocycles. The van der Waals surface area contributed by atoms with E-state index in [0.717, 1.165) is 36.9 Å². The van der Waals surface area contributed by atoms with Gasteiger partial charge in [-0.05, 0) is 74.5 Å². The lowest BCUT2D eigenvalue weighted by Crippen LogP contribution is -2.47. The average Bonchev–Trinajstić information content (AvgIpc) is 2.98. The number of hydrogen-bond acceptors (Lipinski definition) is 7. The topological polar surface area (TPSA) is 109 Å². The molecule has 2 aromatic rings. The van der Waals surface area contributed by atoms with E-state index in [4.69, 9.17) is 9.47 Å². The van der Waals surface area contributed by atoms with E-state index >= 15 is 0 Å². The third-order valence-electron chi connectivity index (χ3n) is 7.10. The summed E-state index contributed by atoms with van der Waals surface area (Å²) in [6.45, 7) is 1.56. The first kappa shape index (κ1) is 33.6. The molecule has 2 bridgehead atoms. The van der Waals surface area contributed by atoms with Crippen molar-refractivity contribution in [2.24, 2.45) is 0 Å². The minimum Gasteiger partial charge on any atom is -0.493 e. The van der Waals surface area contributed by atoms with Gasteiger partial charge in [-0.3, -0.25) is 19.3 Å². The summed E-state index contributed by atoms with van der Waals surface area (Å²) >= 11 is 0. The highest BCUT2D eigenvalue weighted by Gasteiger charge is 2.20. The van der Waals surface area contributed by atoms with Gasteiger partial charge in [-0.25, -0.2) is 0 Å². The molecule has 0 saturated heterocycles. The van der Waals surface area contributed by atoms with Crippen molar-refractivity contribution < 1.29 is 37.4 Å². The van der Waals surface area contributed by atoms with Crippen LogP contribution in [0, 0.1) is 0 Å². The highest BCUT2D eigenvalue weighted by molar-refractivity contribution is 5.87. The van der Waals surface area contributed by atoms with E-state index in [9.17, 15) is 23.2 Å². The van der Waals surface area contributed by atoms with Gasteiger partial charge in [-0.1, -0.05) is 18.2 Å². The molecule has 3 rings (SSSR count). The maximum absolute atomic E-state index is 12.9. The Bertz CT molecular complexity index is 1200. The zero-order chi connectivity index (χ0) is 31.2. The van der Waals surface area contributed by atoms with Crippen LogP contribution in [0.15, 0.2) is 42.5 Å². The number of alkyl halides is 2. The molecule has 1 atom stereocenters. The number of methoxy groups -OCH3 is 1. The zero-order valence-electron chi connectivity index (χ0n) is 25.1. The number of carbonyl (C=O) groups is 3. The van der Waals surface area contributed by atoms with Crippen LogP contribution >= 0.6 is 0 Å². The van der Waals surface area contributed by atoms with Gasteiger partial charge in [0.1, 0.15) is 11.8 Å².